The van der Waals surface area contributed by atoms with Crippen molar-refractivity contribution in [3.63, 3.8) is 0 Å². The molecule has 0 saturated heterocycles. The van der Waals surface area contributed by atoms with Gasteiger partial charge in [0.2, 0.25) is 0 Å². The monoisotopic (exact) mass is 263 g/mol. The molecule has 6 nitrogen and oxygen atoms in total. The highest BCUT2D eigenvalue weighted by atomic mass is 19.1. The zero-order chi connectivity index (χ0) is 14.3. The van der Waals surface area contributed by atoms with E-state index in [2.05, 4.69) is 10.6 Å². The van der Waals surface area contributed by atoms with E-state index in [4.69, 9.17) is 10.4 Å². The van der Waals surface area contributed by atoms with Crippen LogP contribution in [-0.4, -0.2) is 23.7 Å². The summed E-state index contributed by atoms with van der Waals surface area (Å²) in [5.41, 5.74) is 0.167. The van der Waals surface area contributed by atoms with E-state index in [1.165, 1.54) is 12.1 Å². The summed E-state index contributed by atoms with van der Waals surface area (Å²) in [4.78, 5) is 21.6. The summed E-state index contributed by atoms with van der Waals surface area (Å²) in [5, 5.41) is 21.8. The molecule has 1 rings (SSSR count). The van der Waals surface area contributed by atoms with Crippen LogP contribution < -0.4 is 10.6 Å². The number of nitriles is 1. The number of benzene rings is 1. The van der Waals surface area contributed by atoms with Crippen molar-refractivity contribution in [2.24, 2.45) is 0 Å². The number of carbonyl (C=O) groups is 2. The molecule has 0 unspecified atom stereocenters. The summed E-state index contributed by atoms with van der Waals surface area (Å²) in [5.74, 6) is -1.69. The maximum absolute atomic E-state index is 12.9. The summed E-state index contributed by atoms with van der Waals surface area (Å²) in [7, 11) is 0. The molecule has 0 aliphatic rings. The van der Waals surface area contributed by atoms with Gasteiger partial charge in [-0.1, -0.05) is 6.08 Å². The number of halogens is 1. The van der Waals surface area contributed by atoms with Gasteiger partial charge < -0.3 is 15.7 Å². The first-order valence-electron chi connectivity index (χ1n) is 5.17. The zero-order valence-electron chi connectivity index (χ0n) is 9.68. The highest BCUT2D eigenvalue weighted by Crippen LogP contribution is 2.15. The number of carboxylic acids is 1. The van der Waals surface area contributed by atoms with E-state index in [-0.39, 0.29) is 17.8 Å². The fourth-order valence-electron chi connectivity index (χ4n) is 1.20. The van der Waals surface area contributed by atoms with Crippen LogP contribution in [0, 0.1) is 17.1 Å². The van der Waals surface area contributed by atoms with Crippen LogP contribution in [0.1, 0.15) is 5.56 Å². The van der Waals surface area contributed by atoms with Crippen LogP contribution in [0.2, 0.25) is 0 Å². The first-order chi connectivity index (χ1) is 9.02. The van der Waals surface area contributed by atoms with E-state index in [9.17, 15) is 14.0 Å². The van der Waals surface area contributed by atoms with Gasteiger partial charge in [0.05, 0.1) is 11.3 Å². The highest BCUT2D eigenvalue weighted by molar-refractivity contribution is 5.90. The van der Waals surface area contributed by atoms with E-state index in [0.717, 1.165) is 18.2 Å². The molecule has 0 spiro atoms. The van der Waals surface area contributed by atoms with Gasteiger partial charge in [0.1, 0.15) is 11.9 Å². The molecule has 0 saturated carbocycles. The third-order valence-electron chi connectivity index (χ3n) is 1.99. The zero-order valence-corrected chi connectivity index (χ0v) is 9.68. The van der Waals surface area contributed by atoms with Gasteiger partial charge >= 0.3 is 12.0 Å². The molecule has 0 atom stereocenters. The van der Waals surface area contributed by atoms with Gasteiger partial charge in [-0.2, -0.15) is 5.26 Å². The number of hydrogen-bond donors (Lipinski definition) is 3. The number of nitrogens with zero attached hydrogens (tertiary/aromatic N) is 1. The van der Waals surface area contributed by atoms with Crippen molar-refractivity contribution in [1.29, 1.82) is 5.26 Å². The summed E-state index contributed by atoms with van der Waals surface area (Å²) >= 11 is 0. The number of hydrogen-bond acceptors (Lipinski definition) is 3. The second-order valence-corrected chi connectivity index (χ2v) is 3.38. The van der Waals surface area contributed by atoms with Gasteiger partial charge in [-0.25, -0.2) is 14.0 Å². The van der Waals surface area contributed by atoms with Crippen molar-refractivity contribution in [2.75, 3.05) is 11.9 Å². The number of amides is 2. The molecule has 98 valence electrons. The van der Waals surface area contributed by atoms with Crippen LogP contribution in [-0.2, 0) is 4.79 Å². The lowest BCUT2D eigenvalue weighted by Crippen LogP contribution is -2.29. The molecule has 1 aromatic carbocycles. The molecule has 2 amide bonds. The normalized spacial score (nSPS) is 9.89. The van der Waals surface area contributed by atoms with Crippen molar-refractivity contribution in [3.05, 3.63) is 41.7 Å². The number of nitrogens with one attached hydrogen (secondary N) is 2. The third-order valence-corrected chi connectivity index (χ3v) is 1.99. The van der Waals surface area contributed by atoms with Crippen molar-refractivity contribution in [3.8, 4) is 6.07 Å². The van der Waals surface area contributed by atoms with Crippen LogP contribution in [0.3, 0.4) is 0 Å². The van der Waals surface area contributed by atoms with Gasteiger partial charge in [-0.3, -0.25) is 0 Å². The lowest BCUT2D eigenvalue weighted by molar-refractivity contribution is -0.131. The molecular formula is C12H10FN3O3. The Morgan fingerprint density at radius 2 is 2.21 bits per heavy atom. The Hall–Kier alpha value is -2.88. The molecule has 3 N–H and O–H groups in total. The summed E-state index contributed by atoms with van der Waals surface area (Å²) in [6.07, 6.45) is 2.14. The Balaban J connectivity index is 2.58. The predicted molar refractivity (Wildman–Crippen MR) is 64.9 cm³/mol. The summed E-state index contributed by atoms with van der Waals surface area (Å²) in [6.45, 7) is 0.0151. The second-order valence-electron chi connectivity index (χ2n) is 3.38. The first-order valence-corrected chi connectivity index (χ1v) is 5.17. The number of carboxylic acid groups (broad SMARTS) is 1. The topological polar surface area (TPSA) is 102 Å². The molecule has 0 fully saturated rings. The molecule has 0 aromatic heterocycles. The predicted octanol–water partition coefficient (Wildman–Crippen LogP) is 1.46. The van der Waals surface area contributed by atoms with E-state index < -0.39 is 17.8 Å². The lowest BCUT2D eigenvalue weighted by Gasteiger charge is -2.07. The highest BCUT2D eigenvalue weighted by Gasteiger charge is 2.06. The van der Waals surface area contributed by atoms with Crippen molar-refractivity contribution in [1.82, 2.24) is 5.32 Å². The van der Waals surface area contributed by atoms with Crippen LogP contribution >= 0.6 is 0 Å². The third kappa shape index (κ3) is 4.87. The Bertz CT molecular complexity index is 564. The summed E-state index contributed by atoms with van der Waals surface area (Å²) < 4.78 is 12.9. The minimum absolute atomic E-state index is 0.00349. The van der Waals surface area contributed by atoms with Gasteiger partial charge in [-0.15, -0.1) is 0 Å². The van der Waals surface area contributed by atoms with Gasteiger partial charge in [0.25, 0.3) is 0 Å². The Kier molecular flexibility index (Phi) is 5.04. The Morgan fingerprint density at radius 3 is 2.84 bits per heavy atom. The average molecular weight is 263 g/mol. The molecule has 1 aromatic rings. The van der Waals surface area contributed by atoms with Crippen LogP contribution in [0.5, 0.6) is 0 Å². The molecule has 0 radical (unpaired) electrons. The van der Waals surface area contributed by atoms with E-state index in [0.29, 0.717) is 0 Å². The van der Waals surface area contributed by atoms with E-state index in [1.807, 2.05) is 0 Å². The minimum Gasteiger partial charge on any atom is -0.478 e. The number of carbonyl (C=O) groups excluding carboxylic acids is 1. The van der Waals surface area contributed by atoms with Crippen molar-refractivity contribution < 1.29 is 19.1 Å². The molecule has 0 aliphatic heterocycles. The van der Waals surface area contributed by atoms with E-state index >= 15 is 0 Å². The van der Waals surface area contributed by atoms with Crippen molar-refractivity contribution >= 4 is 17.7 Å². The number of rotatable bonds is 4. The minimum atomic E-state index is -1.12. The largest absolute Gasteiger partial charge is 0.478 e. The fourth-order valence-corrected chi connectivity index (χ4v) is 1.20. The molecular weight excluding hydrogens is 253 g/mol. The quantitative estimate of drug-likeness (QED) is 0.715. The second kappa shape index (κ2) is 6.76. The van der Waals surface area contributed by atoms with Crippen LogP contribution in [0.4, 0.5) is 14.9 Å². The molecule has 0 aliphatic carbocycles. The first kappa shape index (κ1) is 14.2. The Labute approximate surface area is 108 Å². The maximum atomic E-state index is 12.9. The average Bonchev–Trinajstić information content (AvgIpc) is 2.36. The molecule has 0 heterocycles. The number of anilines is 1. The number of aliphatic carboxylic acids is 1. The standard InChI is InChI=1S/C12H10FN3O3/c13-9-3-4-10(8(6-9)7-14)16-12(19)15-5-1-2-11(17)18/h1-4,6H,5H2,(H,17,18)(H2,15,16,19)/b2-1+. The smallest absolute Gasteiger partial charge is 0.328 e. The Morgan fingerprint density at radius 1 is 1.47 bits per heavy atom. The van der Waals surface area contributed by atoms with Gasteiger partial charge in [-0.05, 0) is 18.2 Å². The lowest BCUT2D eigenvalue weighted by atomic mass is 10.2. The number of urea groups is 1. The molecule has 7 heteroatoms. The molecule has 0 bridgehead atoms. The summed E-state index contributed by atoms with van der Waals surface area (Å²) in [6, 6.07) is 4.50. The van der Waals surface area contributed by atoms with E-state index in [1.54, 1.807) is 6.07 Å². The van der Waals surface area contributed by atoms with Crippen LogP contribution in [0.15, 0.2) is 30.4 Å². The fraction of sp³-hybridized carbons (Fsp3) is 0.0833. The molecule has 19 heavy (non-hydrogen) atoms. The van der Waals surface area contributed by atoms with Crippen LogP contribution in [0.25, 0.3) is 0 Å². The SMILES string of the molecule is N#Cc1cc(F)ccc1NC(=O)NC/C=C/C(=O)O. The van der Waals surface area contributed by atoms with Gasteiger partial charge in [0, 0.05) is 12.6 Å². The maximum Gasteiger partial charge on any atom is 0.328 e. The van der Waals surface area contributed by atoms with Crippen molar-refractivity contribution in [2.45, 2.75) is 0 Å². The van der Waals surface area contributed by atoms with Gasteiger partial charge in [0.15, 0.2) is 0 Å².